The van der Waals surface area contributed by atoms with Gasteiger partial charge in [-0.25, -0.2) is 4.79 Å². The number of nitrogens with zero attached hydrogens (tertiary/aromatic N) is 2. The summed E-state index contributed by atoms with van der Waals surface area (Å²) >= 11 is 0. The Bertz CT molecular complexity index is 900. The molecule has 0 aromatic heterocycles. The summed E-state index contributed by atoms with van der Waals surface area (Å²) in [6, 6.07) is 8.55. The number of hydrogen-bond donors (Lipinski definition) is 0. The molecule has 2 unspecified atom stereocenters. The second-order valence-corrected chi connectivity index (χ2v) is 11.7. The Labute approximate surface area is 222 Å². The lowest BCUT2D eigenvalue weighted by molar-refractivity contribution is -0.143. The number of ether oxygens (including phenoxy) is 2. The van der Waals surface area contributed by atoms with Crippen molar-refractivity contribution in [1.82, 2.24) is 9.80 Å². The van der Waals surface area contributed by atoms with E-state index in [0.29, 0.717) is 44.4 Å². The molecule has 0 aliphatic carbocycles. The smallest absolute Gasteiger partial charge is 0.410 e. The minimum absolute atomic E-state index is 0.119. The fourth-order valence-electron chi connectivity index (χ4n) is 5.38. The lowest BCUT2D eigenvalue weighted by Gasteiger charge is -2.35. The molecule has 2 aliphatic rings. The molecule has 2 saturated heterocycles. The zero-order chi connectivity index (χ0) is 27.0. The molecule has 0 saturated carbocycles. The van der Waals surface area contributed by atoms with Gasteiger partial charge in [0.1, 0.15) is 5.60 Å². The Hall–Kier alpha value is -2.57. The van der Waals surface area contributed by atoms with E-state index < -0.39 is 5.60 Å². The number of amides is 2. The first-order valence-corrected chi connectivity index (χ1v) is 14.1. The molecular formula is C30H46N2O5. The zero-order valence-electron chi connectivity index (χ0n) is 23.5. The van der Waals surface area contributed by atoms with Gasteiger partial charge in [0, 0.05) is 38.5 Å². The Morgan fingerprint density at radius 3 is 2.30 bits per heavy atom. The Morgan fingerprint density at radius 2 is 1.68 bits per heavy atom. The van der Waals surface area contributed by atoms with Crippen molar-refractivity contribution in [3.05, 3.63) is 35.4 Å². The number of rotatable bonds is 8. The van der Waals surface area contributed by atoms with Gasteiger partial charge in [-0.05, 0) is 82.8 Å². The monoisotopic (exact) mass is 514 g/mol. The molecule has 0 radical (unpaired) electrons. The van der Waals surface area contributed by atoms with Crippen molar-refractivity contribution in [1.29, 1.82) is 0 Å². The van der Waals surface area contributed by atoms with Crippen LogP contribution in [0, 0.1) is 5.92 Å². The lowest BCUT2D eigenvalue weighted by Crippen LogP contribution is -2.42. The first-order chi connectivity index (χ1) is 17.6. The van der Waals surface area contributed by atoms with Crippen molar-refractivity contribution in [2.45, 2.75) is 97.0 Å². The molecule has 206 valence electrons. The molecule has 0 N–H and O–H groups in total. The molecule has 2 atom stereocenters. The summed E-state index contributed by atoms with van der Waals surface area (Å²) in [6.45, 7) is 13.0. The van der Waals surface area contributed by atoms with Gasteiger partial charge in [0.25, 0.3) is 0 Å². The van der Waals surface area contributed by atoms with Crippen LogP contribution in [0.15, 0.2) is 24.3 Å². The maximum Gasteiger partial charge on any atom is 0.410 e. The van der Waals surface area contributed by atoms with Crippen LogP contribution in [-0.4, -0.2) is 66.2 Å². The number of carbonyl (C=O) groups is 3. The number of piperidine rings is 2. The fourth-order valence-corrected chi connectivity index (χ4v) is 5.38. The summed E-state index contributed by atoms with van der Waals surface area (Å²) in [5.74, 6) is 1.04. The molecule has 2 fully saturated rings. The molecule has 1 aromatic carbocycles. The maximum atomic E-state index is 13.0. The molecule has 7 nitrogen and oxygen atoms in total. The van der Waals surface area contributed by atoms with Crippen LogP contribution in [0.25, 0.3) is 0 Å². The number of esters is 1. The zero-order valence-corrected chi connectivity index (χ0v) is 23.5. The molecule has 7 heteroatoms. The normalized spacial score (nSPS) is 19.9. The summed E-state index contributed by atoms with van der Waals surface area (Å²) in [6.07, 6.45) is 5.58. The highest BCUT2D eigenvalue weighted by Crippen LogP contribution is 2.30. The highest BCUT2D eigenvalue weighted by molar-refractivity contribution is 5.76. The molecule has 2 aliphatic heterocycles. The van der Waals surface area contributed by atoms with Crippen molar-refractivity contribution in [3.8, 4) is 0 Å². The molecule has 0 bridgehead atoms. The predicted molar refractivity (Wildman–Crippen MR) is 144 cm³/mol. The largest absolute Gasteiger partial charge is 0.466 e. The first-order valence-electron chi connectivity index (χ1n) is 14.1. The van der Waals surface area contributed by atoms with E-state index in [1.54, 1.807) is 4.90 Å². The summed E-state index contributed by atoms with van der Waals surface area (Å²) in [5, 5.41) is 0. The van der Waals surface area contributed by atoms with Crippen LogP contribution < -0.4 is 0 Å². The van der Waals surface area contributed by atoms with E-state index in [9.17, 15) is 14.4 Å². The SMILES string of the molecule is CCOC(=O)CC(C)c1ccc(C2CCCN(C(=O)CCC3CCN(C(=O)OC(C)(C)C)CC3)C2)cc1. The van der Waals surface area contributed by atoms with Crippen molar-refractivity contribution >= 4 is 18.0 Å². The van der Waals surface area contributed by atoms with E-state index in [1.165, 1.54) is 5.56 Å². The summed E-state index contributed by atoms with van der Waals surface area (Å²) in [7, 11) is 0. The van der Waals surface area contributed by atoms with Gasteiger partial charge in [0.15, 0.2) is 0 Å². The van der Waals surface area contributed by atoms with Crippen LogP contribution in [0.5, 0.6) is 0 Å². The highest BCUT2D eigenvalue weighted by atomic mass is 16.6. The maximum absolute atomic E-state index is 13.0. The molecule has 3 rings (SSSR count). The van der Waals surface area contributed by atoms with Crippen molar-refractivity contribution in [3.63, 3.8) is 0 Å². The van der Waals surface area contributed by atoms with Crippen LogP contribution in [0.3, 0.4) is 0 Å². The molecule has 2 amide bonds. The van der Waals surface area contributed by atoms with Gasteiger partial charge in [-0.1, -0.05) is 31.2 Å². The van der Waals surface area contributed by atoms with Gasteiger partial charge in [-0.3, -0.25) is 9.59 Å². The number of carbonyl (C=O) groups excluding carboxylic acids is 3. The van der Waals surface area contributed by atoms with Crippen LogP contribution in [-0.2, 0) is 19.1 Å². The minimum Gasteiger partial charge on any atom is -0.466 e. The standard InChI is InChI=1S/C30H46N2O5/c1-6-36-28(34)20-22(2)24-10-12-25(13-11-24)26-8-7-17-32(21-26)27(33)14-9-23-15-18-31(19-16-23)29(35)37-30(3,4)5/h10-13,22-23,26H,6-9,14-21H2,1-5H3. The lowest BCUT2D eigenvalue weighted by atomic mass is 9.88. The molecular weight excluding hydrogens is 468 g/mol. The van der Waals surface area contributed by atoms with Gasteiger partial charge >= 0.3 is 12.1 Å². The number of likely N-dealkylation sites (tertiary alicyclic amines) is 2. The van der Waals surface area contributed by atoms with Gasteiger partial charge in [-0.2, -0.15) is 0 Å². The Balaban J connectivity index is 1.43. The fraction of sp³-hybridized carbons (Fsp3) is 0.700. The van der Waals surface area contributed by atoms with E-state index in [4.69, 9.17) is 9.47 Å². The Morgan fingerprint density at radius 1 is 1.00 bits per heavy atom. The van der Waals surface area contributed by atoms with Crippen molar-refractivity contribution in [2.75, 3.05) is 32.8 Å². The third kappa shape index (κ3) is 9.04. The average molecular weight is 515 g/mol. The molecule has 37 heavy (non-hydrogen) atoms. The third-order valence-corrected chi connectivity index (χ3v) is 7.56. The summed E-state index contributed by atoms with van der Waals surface area (Å²) in [4.78, 5) is 41.0. The van der Waals surface area contributed by atoms with Gasteiger partial charge in [0.05, 0.1) is 13.0 Å². The van der Waals surface area contributed by atoms with Gasteiger partial charge < -0.3 is 19.3 Å². The summed E-state index contributed by atoms with van der Waals surface area (Å²) < 4.78 is 10.6. The van der Waals surface area contributed by atoms with Crippen LogP contribution in [0.4, 0.5) is 4.79 Å². The van der Waals surface area contributed by atoms with Crippen molar-refractivity contribution < 1.29 is 23.9 Å². The molecule has 0 spiro atoms. The summed E-state index contributed by atoms with van der Waals surface area (Å²) in [5.41, 5.74) is 1.93. The van der Waals surface area contributed by atoms with E-state index in [1.807, 2.05) is 39.5 Å². The predicted octanol–water partition coefficient (Wildman–Crippen LogP) is 5.88. The van der Waals surface area contributed by atoms with Crippen molar-refractivity contribution in [2.24, 2.45) is 5.92 Å². The van der Waals surface area contributed by atoms with E-state index >= 15 is 0 Å². The topological polar surface area (TPSA) is 76.2 Å². The number of hydrogen-bond acceptors (Lipinski definition) is 5. The second kappa shape index (κ2) is 13.3. The van der Waals surface area contributed by atoms with Crippen LogP contribution in [0.1, 0.15) is 103 Å². The second-order valence-electron chi connectivity index (χ2n) is 11.7. The van der Waals surface area contributed by atoms with Crippen LogP contribution in [0.2, 0.25) is 0 Å². The minimum atomic E-state index is -0.475. The first kappa shape index (κ1) is 29.0. The van der Waals surface area contributed by atoms with Gasteiger partial charge in [0.2, 0.25) is 5.91 Å². The highest BCUT2D eigenvalue weighted by Gasteiger charge is 2.29. The number of benzene rings is 1. The Kier molecular flexibility index (Phi) is 10.4. The molecule has 2 heterocycles. The van der Waals surface area contributed by atoms with E-state index in [2.05, 4.69) is 24.3 Å². The quantitative estimate of drug-likeness (QED) is 0.405. The average Bonchev–Trinajstić information content (AvgIpc) is 2.87. The van der Waals surface area contributed by atoms with E-state index in [-0.39, 0.29) is 23.9 Å². The van der Waals surface area contributed by atoms with Crippen LogP contribution >= 0.6 is 0 Å². The molecule has 1 aromatic rings. The van der Waals surface area contributed by atoms with Gasteiger partial charge in [-0.15, -0.1) is 0 Å². The third-order valence-electron chi connectivity index (χ3n) is 7.56. The van der Waals surface area contributed by atoms with E-state index in [0.717, 1.165) is 50.8 Å².